The summed E-state index contributed by atoms with van der Waals surface area (Å²) in [6, 6.07) is 17.8. The van der Waals surface area contributed by atoms with E-state index in [0.29, 0.717) is 23.0 Å². The van der Waals surface area contributed by atoms with Crippen LogP contribution in [0.25, 0.3) is 22.2 Å². The highest BCUT2D eigenvalue weighted by atomic mass is 16.6. The van der Waals surface area contributed by atoms with E-state index in [1.165, 1.54) is 0 Å². The second-order valence-corrected chi connectivity index (χ2v) is 8.41. The van der Waals surface area contributed by atoms with Crippen molar-refractivity contribution < 1.29 is 14.3 Å². The Bertz CT molecular complexity index is 1380. The minimum atomic E-state index is -0.498. The van der Waals surface area contributed by atoms with Gasteiger partial charge in [-0.3, -0.25) is 5.32 Å². The Morgan fingerprint density at radius 2 is 1.88 bits per heavy atom. The van der Waals surface area contributed by atoms with Crippen LogP contribution in [0.2, 0.25) is 0 Å². The first-order valence-electron chi connectivity index (χ1n) is 11.1. The van der Waals surface area contributed by atoms with Gasteiger partial charge < -0.3 is 14.0 Å². The molecule has 2 aromatic heterocycles. The van der Waals surface area contributed by atoms with Crippen molar-refractivity contribution in [2.24, 2.45) is 0 Å². The number of rotatable bonds is 6. The fraction of sp³-hybridized carbons (Fsp3) is 0.231. The first-order valence-corrected chi connectivity index (χ1v) is 11.1. The number of hydrogen-bond donors (Lipinski definition) is 1. The van der Waals surface area contributed by atoms with Crippen LogP contribution in [0.3, 0.4) is 0 Å². The van der Waals surface area contributed by atoms with E-state index in [1.54, 1.807) is 32.3 Å². The van der Waals surface area contributed by atoms with E-state index in [4.69, 9.17) is 9.47 Å². The summed E-state index contributed by atoms with van der Waals surface area (Å²) in [7, 11) is 0. The van der Waals surface area contributed by atoms with Gasteiger partial charge in [0.1, 0.15) is 11.8 Å². The van der Waals surface area contributed by atoms with E-state index >= 15 is 0 Å². The summed E-state index contributed by atoms with van der Waals surface area (Å²) in [5.74, 6) is 0.609. The van der Waals surface area contributed by atoms with Crippen LogP contribution in [-0.4, -0.2) is 26.7 Å². The summed E-state index contributed by atoms with van der Waals surface area (Å²) in [6.45, 7) is 3.60. The minimum absolute atomic E-state index is 0.200. The highest BCUT2D eigenvalue weighted by molar-refractivity contribution is 5.96. The summed E-state index contributed by atoms with van der Waals surface area (Å²) >= 11 is 0. The molecule has 2 heterocycles. The van der Waals surface area contributed by atoms with Crippen LogP contribution in [0.4, 0.5) is 10.5 Å². The lowest BCUT2D eigenvalue weighted by molar-refractivity contribution is 0.130. The molecule has 5 rings (SSSR count). The number of fused-ring (bicyclic) bond motifs is 1. The fourth-order valence-corrected chi connectivity index (χ4v) is 3.98. The molecule has 1 saturated carbocycles. The highest BCUT2D eigenvalue weighted by Gasteiger charge is 2.31. The van der Waals surface area contributed by atoms with Crippen LogP contribution in [0.5, 0.6) is 11.8 Å². The van der Waals surface area contributed by atoms with Crippen LogP contribution in [0, 0.1) is 11.3 Å². The van der Waals surface area contributed by atoms with Crippen LogP contribution in [0.15, 0.2) is 60.9 Å². The van der Waals surface area contributed by atoms with E-state index in [9.17, 15) is 10.1 Å². The largest absolute Gasteiger partial charge is 0.447 e. The molecular weight excluding hydrogens is 430 g/mol. The van der Waals surface area contributed by atoms with Gasteiger partial charge in [0, 0.05) is 35.6 Å². The Morgan fingerprint density at radius 1 is 1.15 bits per heavy atom. The molecule has 0 atom stereocenters. The van der Waals surface area contributed by atoms with Gasteiger partial charge in [0.15, 0.2) is 0 Å². The summed E-state index contributed by atoms with van der Waals surface area (Å²) in [5.41, 5.74) is 3.94. The summed E-state index contributed by atoms with van der Waals surface area (Å²) in [4.78, 5) is 20.2. The summed E-state index contributed by atoms with van der Waals surface area (Å²) < 4.78 is 13.2. The molecule has 170 valence electrons. The molecule has 1 aliphatic carbocycles. The Kier molecular flexibility index (Phi) is 5.60. The molecule has 1 N–H and O–H groups in total. The lowest BCUT2D eigenvalue weighted by atomic mass is 10.1. The number of nitriles is 1. The fourth-order valence-electron chi connectivity index (χ4n) is 3.98. The number of nitrogens with one attached hydrogen (secondary N) is 1. The van der Waals surface area contributed by atoms with E-state index < -0.39 is 6.09 Å². The average molecular weight is 454 g/mol. The maximum atomic E-state index is 11.9. The molecular formula is C26H23N5O3. The van der Waals surface area contributed by atoms with Crippen LogP contribution in [0.1, 0.15) is 38.3 Å². The Hall–Kier alpha value is -4.38. The highest BCUT2D eigenvalue weighted by Crippen LogP contribution is 2.45. The first-order chi connectivity index (χ1) is 16.5. The van der Waals surface area contributed by atoms with Gasteiger partial charge in [-0.25, -0.2) is 14.8 Å². The monoisotopic (exact) mass is 453 g/mol. The summed E-state index contributed by atoms with van der Waals surface area (Å²) in [6.07, 6.45) is 4.66. The molecule has 1 fully saturated rings. The number of nitrogens with zero attached hydrogens (tertiary/aromatic N) is 4. The van der Waals surface area contributed by atoms with Crippen molar-refractivity contribution in [3.8, 4) is 29.1 Å². The van der Waals surface area contributed by atoms with Crippen molar-refractivity contribution in [3.63, 3.8) is 0 Å². The predicted octanol–water partition coefficient (Wildman–Crippen LogP) is 6.05. The Balaban J connectivity index is 1.53. The maximum Gasteiger partial charge on any atom is 0.411 e. The number of ether oxygens (including phenoxy) is 2. The van der Waals surface area contributed by atoms with E-state index in [2.05, 4.69) is 25.9 Å². The zero-order valence-corrected chi connectivity index (χ0v) is 18.9. The smallest absolute Gasteiger partial charge is 0.411 e. The quantitative estimate of drug-likeness (QED) is 0.381. The Labute approximate surface area is 196 Å². The molecule has 0 bridgehead atoms. The maximum absolute atomic E-state index is 11.9. The third-order valence-corrected chi connectivity index (χ3v) is 5.50. The van der Waals surface area contributed by atoms with Gasteiger partial charge in [0.2, 0.25) is 0 Å². The van der Waals surface area contributed by atoms with Crippen LogP contribution < -0.4 is 10.1 Å². The minimum Gasteiger partial charge on any atom is -0.447 e. The molecule has 8 nitrogen and oxygen atoms in total. The van der Waals surface area contributed by atoms with Gasteiger partial charge in [0.25, 0.3) is 0 Å². The van der Waals surface area contributed by atoms with Crippen LogP contribution >= 0.6 is 0 Å². The van der Waals surface area contributed by atoms with Gasteiger partial charge in [-0.05, 0) is 62.6 Å². The first kappa shape index (κ1) is 21.5. The lowest BCUT2D eigenvalue weighted by Crippen LogP contribution is -2.17. The Morgan fingerprint density at radius 3 is 2.53 bits per heavy atom. The number of carbonyl (C=O) groups is 1. The normalized spacial score (nSPS) is 13.0. The van der Waals surface area contributed by atoms with Crippen molar-refractivity contribution in [3.05, 3.63) is 66.5 Å². The zero-order valence-electron chi connectivity index (χ0n) is 18.9. The molecule has 8 heteroatoms. The number of hydrogen-bond acceptors (Lipinski definition) is 6. The van der Waals surface area contributed by atoms with Gasteiger partial charge in [0.05, 0.1) is 22.9 Å². The molecule has 1 aliphatic rings. The van der Waals surface area contributed by atoms with Gasteiger partial charge in [-0.1, -0.05) is 12.1 Å². The topological polar surface area (TPSA) is 102 Å². The molecule has 0 unspecified atom stereocenters. The second kappa shape index (κ2) is 8.87. The van der Waals surface area contributed by atoms with Crippen molar-refractivity contribution in [2.75, 3.05) is 5.32 Å². The molecule has 34 heavy (non-hydrogen) atoms. The molecule has 0 saturated heterocycles. The molecule has 4 aromatic rings. The molecule has 0 aliphatic heterocycles. The molecule has 0 spiro atoms. The third-order valence-electron chi connectivity index (χ3n) is 5.50. The standard InChI is InChI=1S/C26H23N5O3/c1-16(2)33-26(32)30-18-6-4-17(5-7-18)24-22(15-27)21-11-10-20(34-25-28-12-3-13-29-25)14-23(21)31(24)19-8-9-19/h3-7,10-14,16,19H,8-9H2,1-2H3,(H,30,32). The second-order valence-electron chi connectivity index (χ2n) is 8.41. The summed E-state index contributed by atoms with van der Waals surface area (Å²) in [5, 5.41) is 13.7. The SMILES string of the molecule is CC(C)OC(=O)Nc1ccc(-c2c(C#N)c3ccc(Oc4ncccn4)cc3n2C2CC2)cc1. The van der Waals surface area contributed by atoms with Crippen molar-refractivity contribution in [1.29, 1.82) is 5.26 Å². The third kappa shape index (κ3) is 4.28. The van der Waals surface area contributed by atoms with Gasteiger partial charge in [-0.15, -0.1) is 0 Å². The van der Waals surface area contributed by atoms with Crippen molar-refractivity contribution in [2.45, 2.75) is 38.8 Å². The number of amides is 1. The van der Waals surface area contributed by atoms with Crippen molar-refractivity contribution >= 4 is 22.7 Å². The number of aromatic nitrogens is 3. The van der Waals surface area contributed by atoms with Gasteiger partial charge in [-0.2, -0.15) is 5.26 Å². The number of anilines is 1. The van der Waals surface area contributed by atoms with Crippen molar-refractivity contribution in [1.82, 2.24) is 14.5 Å². The van der Waals surface area contributed by atoms with Gasteiger partial charge >= 0.3 is 12.1 Å². The average Bonchev–Trinajstić information content (AvgIpc) is 3.61. The molecule has 1 amide bonds. The number of benzene rings is 2. The molecule has 0 radical (unpaired) electrons. The van der Waals surface area contributed by atoms with E-state index in [-0.39, 0.29) is 12.1 Å². The lowest BCUT2D eigenvalue weighted by Gasteiger charge is -2.12. The molecule has 2 aromatic carbocycles. The number of carbonyl (C=O) groups excluding carboxylic acids is 1. The van der Waals surface area contributed by atoms with E-state index in [0.717, 1.165) is 35.0 Å². The van der Waals surface area contributed by atoms with E-state index in [1.807, 2.05) is 42.5 Å². The predicted molar refractivity (Wildman–Crippen MR) is 128 cm³/mol. The van der Waals surface area contributed by atoms with Crippen LogP contribution in [-0.2, 0) is 4.74 Å². The zero-order chi connectivity index (χ0) is 23.7.